The highest BCUT2D eigenvalue weighted by atomic mass is 32.2. The lowest BCUT2D eigenvalue weighted by Gasteiger charge is -2.15. The second-order valence-electron chi connectivity index (χ2n) is 6.89. The summed E-state index contributed by atoms with van der Waals surface area (Å²) in [5, 5.41) is 11.8. The molecule has 1 aromatic rings. The number of guanidine groups is 1. The van der Waals surface area contributed by atoms with Crippen molar-refractivity contribution in [2.24, 2.45) is 10.7 Å². The van der Waals surface area contributed by atoms with Gasteiger partial charge in [0.2, 0.25) is 15.9 Å². The third kappa shape index (κ3) is 11.3. The molecule has 10 nitrogen and oxygen atoms in total. The summed E-state index contributed by atoms with van der Waals surface area (Å²) in [5.74, 6) is -0.920. The number of carboxylic acid groups (broad SMARTS) is 1. The van der Waals surface area contributed by atoms with E-state index in [0.29, 0.717) is 43.7 Å². The first-order valence-electron chi connectivity index (χ1n) is 10.2. The highest BCUT2D eigenvalue weighted by Gasteiger charge is 2.24. The van der Waals surface area contributed by atoms with Crippen LogP contribution < -0.4 is 20.5 Å². The van der Waals surface area contributed by atoms with E-state index in [1.54, 1.807) is 24.3 Å². The molecule has 0 aliphatic heterocycles. The largest absolute Gasteiger partial charge is 0.494 e. The van der Waals surface area contributed by atoms with E-state index < -0.39 is 22.0 Å². The van der Waals surface area contributed by atoms with Crippen LogP contribution in [0.25, 0.3) is 0 Å². The molecule has 174 valence electrons. The van der Waals surface area contributed by atoms with Gasteiger partial charge in [-0.15, -0.1) is 0 Å². The number of aliphatic imine (C=N–C) groups is 1. The number of aliphatic carboxylic acids is 1. The molecular weight excluding hydrogens is 424 g/mol. The molecule has 31 heavy (non-hydrogen) atoms. The van der Waals surface area contributed by atoms with E-state index >= 15 is 0 Å². The fourth-order valence-corrected chi connectivity index (χ4v) is 3.99. The molecule has 0 aliphatic carbocycles. The number of carboxylic acids is 1. The van der Waals surface area contributed by atoms with Gasteiger partial charge in [0, 0.05) is 13.0 Å². The molecule has 0 saturated heterocycles. The molecule has 0 heterocycles. The molecule has 1 atom stereocenters. The van der Waals surface area contributed by atoms with Crippen LogP contribution in [-0.2, 0) is 26.0 Å². The van der Waals surface area contributed by atoms with Crippen LogP contribution >= 0.6 is 0 Å². The van der Waals surface area contributed by atoms with Crippen LogP contribution in [0, 0.1) is 0 Å². The Labute approximate surface area is 183 Å². The monoisotopic (exact) mass is 456 g/mol. The van der Waals surface area contributed by atoms with E-state index in [0.717, 1.165) is 0 Å². The van der Waals surface area contributed by atoms with E-state index in [1.807, 2.05) is 13.8 Å². The fraction of sp³-hybridized carbons (Fsp3) is 0.550. The number of nitrogens with zero attached hydrogens (tertiary/aromatic N) is 1. The van der Waals surface area contributed by atoms with Gasteiger partial charge in [0.1, 0.15) is 11.8 Å². The van der Waals surface area contributed by atoms with Crippen molar-refractivity contribution in [1.29, 1.82) is 0 Å². The van der Waals surface area contributed by atoms with Crippen molar-refractivity contribution >= 4 is 27.9 Å². The summed E-state index contributed by atoms with van der Waals surface area (Å²) in [7, 11) is -3.65. The summed E-state index contributed by atoms with van der Waals surface area (Å²) < 4.78 is 31.8. The third-order valence-corrected chi connectivity index (χ3v) is 5.63. The highest BCUT2D eigenvalue weighted by Crippen LogP contribution is 2.14. The Morgan fingerprint density at radius 3 is 2.45 bits per heavy atom. The highest BCUT2D eigenvalue weighted by molar-refractivity contribution is 7.89. The van der Waals surface area contributed by atoms with E-state index in [2.05, 4.69) is 15.0 Å². The number of amides is 1. The first-order valence-corrected chi connectivity index (χ1v) is 11.9. The molecule has 0 saturated carbocycles. The van der Waals surface area contributed by atoms with Crippen LogP contribution in [0.15, 0.2) is 29.3 Å². The fourth-order valence-electron chi connectivity index (χ4n) is 2.58. The number of ether oxygens (including phenoxy) is 1. The molecule has 0 aliphatic rings. The minimum absolute atomic E-state index is 0.0157. The lowest BCUT2D eigenvalue weighted by Crippen LogP contribution is -2.43. The molecule has 11 heteroatoms. The first kappa shape index (κ1) is 26.4. The number of sulfonamides is 1. The summed E-state index contributed by atoms with van der Waals surface area (Å²) in [6.45, 7) is 4.47. The number of carbonyl (C=O) groups excluding carboxylic acids is 1. The van der Waals surface area contributed by atoms with E-state index in [1.165, 1.54) is 0 Å². The van der Waals surface area contributed by atoms with Crippen LogP contribution in [0.4, 0.5) is 0 Å². The average molecular weight is 457 g/mol. The predicted octanol–water partition coefficient (Wildman–Crippen LogP) is 1.01. The van der Waals surface area contributed by atoms with E-state index in [-0.39, 0.29) is 30.5 Å². The zero-order valence-corrected chi connectivity index (χ0v) is 18.8. The number of nitrogens with two attached hydrogens (primary N) is 1. The molecule has 0 spiro atoms. The first-order chi connectivity index (χ1) is 14.7. The smallest absolute Gasteiger partial charge is 0.322 e. The standard InChI is InChI=1S/C20H32N4O6S/c1-3-5-13-31(28,29)24-17(19(26)27)14-15-8-10-16(11-9-15)30-12-6-7-18(25)23-20(21)22-4-2/h8-11,17,24H,3-7,12-14H2,1-2H3,(H,26,27)(H3,21,22,23,25)/t17-/m0/s1. The topological polar surface area (TPSA) is 160 Å². The maximum atomic E-state index is 12.0. The summed E-state index contributed by atoms with van der Waals surface area (Å²) >= 11 is 0. The van der Waals surface area contributed by atoms with Gasteiger partial charge >= 0.3 is 5.97 Å². The predicted molar refractivity (Wildman–Crippen MR) is 118 cm³/mol. The number of hydrogen-bond acceptors (Lipinski definition) is 6. The zero-order valence-electron chi connectivity index (χ0n) is 18.0. The maximum absolute atomic E-state index is 12.0. The number of benzene rings is 1. The van der Waals surface area contributed by atoms with Gasteiger partial charge in [-0.25, -0.2) is 13.1 Å². The molecule has 1 rings (SSSR count). The number of carbonyl (C=O) groups is 2. The van der Waals surface area contributed by atoms with Crippen molar-refractivity contribution < 1.29 is 27.9 Å². The summed E-state index contributed by atoms with van der Waals surface area (Å²) in [6.07, 6.45) is 1.90. The molecule has 0 bridgehead atoms. The number of nitrogens with one attached hydrogen (secondary N) is 2. The number of hydrogen-bond donors (Lipinski definition) is 4. The normalized spacial score (nSPS) is 12.9. The van der Waals surface area contributed by atoms with Crippen molar-refractivity contribution in [3.63, 3.8) is 0 Å². The SMILES string of the molecule is CCCCS(=O)(=O)N[C@@H](Cc1ccc(OCCCC(=O)NC(N)=NCC)cc1)C(=O)O. The van der Waals surface area contributed by atoms with Crippen LogP contribution in [0.2, 0.25) is 0 Å². The Hall–Kier alpha value is -2.66. The van der Waals surface area contributed by atoms with Crippen LogP contribution in [-0.4, -0.2) is 56.3 Å². The van der Waals surface area contributed by atoms with E-state index in [9.17, 15) is 23.1 Å². The quantitative estimate of drug-likeness (QED) is 0.185. The van der Waals surface area contributed by atoms with E-state index in [4.69, 9.17) is 10.5 Å². The van der Waals surface area contributed by atoms with Crippen LogP contribution in [0.1, 0.15) is 45.1 Å². The van der Waals surface area contributed by atoms with Crippen molar-refractivity contribution in [1.82, 2.24) is 10.0 Å². The van der Waals surface area contributed by atoms with Crippen LogP contribution in [0.5, 0.6) is 5.75 Å². The third-order valence-electron chi connectivity index (χ3n) is 4.16. The Morgan fingerprint density at radius 2 is 1.87 bits per heavy atom. The van der Waals surface area contributed by atoms with Crippen molar-refractivity contribution in [2.75, 3.05) is 18.9 Å². The van der Waals surface area contributed by atoms with Gasteiger partial charge in [-0.05, 0) is 43.9 Å². The van der Waals surface area contributed by atoms with Crippen molar-refractivity contribution in [3.8, 4) is 5.75 Å². The Morgan fingerprint density at radius 1 is 1.19 bits per heavy atom. The molecule has 0 fully saturated rings. The molecule has 0 aromatic heterocycles. The summed E-state index contributed by atoms with van der Waals surface area (Å²) in [6, 6.07) is 5.47. The minimum Gasteiger partial charge on any atom is -0.494 e. The summed E-state index contributed by atoms with van der Waals surface area (Å²) in [4.78, 5) is 27.0. The molecule has 1 aromatic carbocycles. The van der Waals surface area contributed by atoms with Gasteiger partial charge in [0.25, 0.3) is 0 Å². The molecule has 0 radical (unpaired) electrons. The summed E-state index contributed by atoms with van der Waals surface area (Å²) in [5.41, 5.74) is 6.17. The maximum Gasteiger partial charge on any atom is 0.322 e. The van der Waals surface area contributed by atoms with Gasteiger partial charge in [0.05, 0.1) is 12.4 Å². The van der Waals surface area contributed by atoms with Gasteiger partial charge in [0.15, 0.2) is 5.96 Å². The second-order valence-corrected chi connectivity index (χ2v) is 8.76. The molecule has 0 unspecified atom stereocenters. The second kappa shape index (κ2) is 13.6. The van der Waals surface area contributed by atoms with Crippen molar-refractivity contribution in [2.45, 2.75) is 52.0 Å². The zero-order chi connectivity index (χ0) is 23.3. The lowest BCUT2D eigenvalue weighted by molar-refractivity contribution is -0.138. The number of unbranched alkanes of at least 4 members (excludes halogenated alkanes) is 1. The Bertz CT molecular complexity index is 840. The molecule has 5 N–H and O–H groups in total. The Kier molecular flexibility index (Phi) is 11.6. The van der Waals surface area contributed by atoms with Crippen LogP contribution in [0.3, 0.4) is 0 Å². The van der Waals surface area contributed by atoms with Crippen molar-refractivity contribution in [3.05, 3.63) is 29.8 Å². The van der Waals surface area contributed by atoms with Gasteiger partial charge in [-0.1, -0.05) is 25.5 Å². The van der Waals surface area contributed by atoms with Gasteiger partial charge in [-0.2, -0.15) is 0 Å². The van der Waals surface area contributed by atoms with Gasteiger partial charge in [-0.3, -0.25) is 19.9 Å². The lowest BCUT2D eigenvalue weighted by atomic mass is 10.1. The average Bonchev–Trinajstić information content (AvgIpc) is 2.70. The Balaban J connectivity index is 2.50. The molecule has 1 amide bonds. The molecular formula is C20H32N4O6S. The van der Waals surface area contributed by atoms with Gasteiger partial charge < -0.3 is 15.6 Å². The minimum atomic E-state index is -3.65. The number of rotatable bonds is 14.